The first-order valence-corrected chi connectivity index (χ1v) is 10.9. The third-order valence-electron chi connectivity index (χ3n) is 4.61. The van der Waals surface area contributed by atoms with Crippen LogP contribution in [0.15, 0.2) is 24.3 Å². The molecule has 2 atom stereocenters. The van der Waals surface area contributed by atoms with Crippen molar-refractivity contribution in [3.05, 3.63) is 41.3 Å². The van der Waals surface area contributed by atoms with E-state index in [-0.39, 0.29) is 12.4 Å². The molecule has 4 N–H and O–H groups in total. The van der Waals surface area contributed by atoms with Crippen LogP contribution in [0, 0.1) is 19.7 Å². The van der Waals surface area contributed by atoms with Gasteiger partial charge >= 0.3 is 0 Å². The molecule has 0 radical (unpaired) electrons. The fraction of sp³-hybridized carbons (Fsp3) is 0.409. The number of pyridine rings is 1. The van der Waals surface area contributed by atoms with Gasteiger partial charge in [-0.3, -0.25) is 4.98 Å². The molecule has 0 saturated heterocycles. The Labute approximate surface area is 185 Å². The van der Waals surface area contributed by atoms with E-state index in [0.717, 1.165) is 22.6 Å². The van der Waals surface area contributed by atoms with Gasteiger partial charge in [-0.15, -0.1) is 10.2 Å². The third-order valence-corrected chi connectivity index (χ3v) is 5.59. The van der Waals surface area contributed by atoms with Gasteiger partial charge in [-0.05, 0) is 64.4 Å². The second kappa shape index (κ2) is 9.67. The summed E-state index contributed by atoms with van der Waals surface area (Å²) in [6.45, 7) is 9.51. The molecule has 7 nitrogen and oxygen atoms in total. The van der Waals surface area contributed by atoms with Crippen LogP contribution in [0.2, 0.25) is 0 Å². The zero-order valence-corrected chi connectivity index (χ0v) is 19.1. The zero-order chi connectivity index (χ0) is 22.7. The van der Waals surface area contributed by atoms with Crippen molar-refractivity contribution >= 4 is 17.0 Å². The highest BCUT2D eigenvalue weighted by molar-refractivity contribution is 7.17. The fourth-order valence-corrected chi connectivity index (χ4v) is 3.84. The first kappa shape index (κ1) is 23.1. The molecule has 2 aromatic heterocycles. The minimum atomic E-state index is -0.741. The van der Waals surface area contributed by atoms with Gasteiger partial charge in [0.25, 0.3) is 0 Å². The first-order chi connectivity index (χ1) is 14.6. The van der Waals surface area contributed by atoms with Crippen LogP contribution in [-0.2, 0) is 0 Å². The van der Waals surface area contributed by atoms with Crippen LogP contribution in [0.1, 0.15) is 32.0 Å². The number of aromatic nitrogens is 3. The van der Waals surface area contributed by atoms with Gasteiger partial charge in [0.05, 0.1) is 12.1 Å². The number of benzene rings is 1. The van der Waals surface area contributed by atoms with Crippen molar-refractivity contribution in [2.75, 3.05) is 11.9 Å². The van der Waals surface area contributed by atoms with Crippen molar-refractivity contribution in [3.8, 4) is 27.0 Å². The largest absolute Gasteiger partial charge is 0.489 e. The van der Waals surface area contributed by atoms with Gasteiger partial charge in [-0.25, -0.2) is 4.39 Å². The van der Waals surface area contributed by atoms with Gasteiger partial charge in [0.2, 0.25) is 0 Å². The van der Waals surface area contributed by atoms with Crippen molar-refractivity contribution in [3.63, 3.8) is 0 Å². The lowest BCUT2D eigenvalue weighted by atomic mass is 10.1. The minimum Gasteiger partial charge on any atom is -0.489 e. The highest BCUT2D eigenvalue weighted by Gasteiger charge is 2.17. The molecule has 0 aliphatic heterocycles. The minimum absolute atomic E-state index is 0.0160. The van der Waals surface area contributed by atoms with E-state index in [4.69, 9.17) is 10.5 Å². The third kappa shape index (κ3) is 5.75. The average Bonchev–Trinajstić information content (AvgIpc) is 3.17. The Morgan fingerprint density at radius 2 is 1.84 bits per heavy atom. The molecule has 0 fully saturated rings. The van der Waals surface area contributed by atoms with Gasteiger partial charge < -0.3 is 20.9 Å². The predicted molar refractivity (Wildman–Crippen MR) is 122 cm³/mol. The Balaban J connectivity index is 1.86. The van der Waals surface area contributed by atoms with Crippen LogP contribution in [0.3, 0.4) is 0 Å². The van der Waals surface area contributed by atoms with Crippen molar-refractivity contribution in [2.24, 2.45) is 5.73 Å². The molecule has 0 unspecified atom stereocenters. The molecule has 0 bridgehead atoms. The van der Waals surface area contributed by atoms with E-state index in [0.29, 0.717) is 21.6 Å². The molecule has 166 valence electrons. The molecule has 0 aliphatic carbocycles. The van der Waals surface area contributed by atoms with Crippen molar-refractivity contribution in [1.29, 1.82) is 0 Å². The Kier molecular flexibility index (Phi) is 7.19. The second-order valence-electron chi connectivity index (χ2n) is 7.91. The number of nitrogens with one attached hydrogen (secondary N) is 1. The van der Waals surface area contributed by atoms with Crippen LogP contribution in [0.4, 0.5) is 10.1 Å². The molecule has 0 aliphatic rings. The van der Waals surface area contributed by atoms with Crippen LogP contribution in [0.25, 0.3) is 21.3 Å². The number of halogens is 1. The van der Waals surface area contributed by atoms with Gasteiger partial charge in [-0.2, -0.15) is 0 Å². The molecule has 31 heavy (non-hydrogen) atoms. The van der Waals surface area contributed by atoms with E-state index in [9.17, 15) is 9.50 Å². The summed E-state index contributed by atoms with van der Waals surface area (Å²) in [4.78, 5) is 4.57. The summed E-state index contributed by atoms with van der Waals surface area (Å²) in [5.41, 5.74) is 9.75. The quantitative estimate of drug-likeness (QED) is 0.482. The second-order valence-corrected chi connectivity index (χ2v) is 8.88. The molecule has 3 aromatic rings. The van der Waals surface area contributed by atoms with Crippen LogP contribution < -0.4 is 15.8 Å². The number of rotatable bonds is 8. The highest BCUT2D eigenvalue weighted by Crippen LogP contribution is 2.34. The lowest BCUT2D eigenvalue weighted by Gasteiger charge is -2.16. The molecular weight excluding hydrogens is 417 g/mol. The van der Waals surface area contributed by atoms with Gasteiger partial charge in [-0.1, -0.05) is 11.3 Å². The lowest BCUT2D eigenvalue weighted by Crippen LogP contribution is -2.38. The molecular formula is C22H28FN5O2S. The number of hydrogen-bond donors (Lipinski definition) is 3. The molecule has 3 rings (SSSR count). The summed E-state index contributed by atoms with van der Waals surface area (Å²) in [5.74, 6) is -0.431. The van der Waals surface area contributed by atoms with Crippen LogP contribution >= 0.6 is 11.3 Å². The molecule has 0 saturated carbocycles. The number of nitrogens with two attached hydrogens (primary N) is 1. The van der Waals surface area contributed by atoms with E-state index in [2.05, 4.69) is 34.3 Å². The summed E-state index contributed by atoms with van der Waals surface area (Å²) in [7, 11) is 0. The number of aliphatic hydroxyl groups excluding tert-OH is 1. The summed E-state index contributed by atoms with van der Waals surface area (Å²) >= 11 is 1.35. The lowest BCUT2D eigenvalue weighted by molar-refractivity contribution is 0.129. The van der Waals surface area contributed by atoms with Crippen molar-refractivity contribution in [2.45, 2.75) is 52.8 Å². The number of anilines is 1. The van der Waals surface area contributed by atoms with E-state index in [1.54, 1.807) is 13.0 Å². The van der Waals surface area contributed by atoms with E-state index in [1.165, 1.54) is 17.4 Å². The van der Waals surface area contributed by atoms with Crippen molar-refractivity contribution < 1.29 is 14.2 Å². The summed E-state index contributed by atoms with van der Waals surface area (Å²) in [5, 5.41) is 22.6. The predicted octanol–water partition coefficient (Wildman–Crippen LogP) is 3.93. The maximum Gasteiger partial charge on any atom is 0.166 e. The molecule has 9 heteroatoms. The Bertz CT molecular complexity index is 1050. The van der Waals surface area contributed by atoms with E-state index < -0.39 is 18.0 Å². The zero-order valence-electron chi connectivity index (χ0n) is 18.3. The van der Waals surface area contributed by atoms with Gasteiger partial charge in [0.1, 0.15) is 17.3 Å². The van der Waals surface area contributed by atoms with Gasteiger partial charge in [0, 0.05) is 23.0 Å². The van der Waals surface area contributed by atoms with Crippen LogP contribution in [0.5, 0.6) is 5.75 Å². The molecule has 2 heterocycles. The SMILES string of the molecule is Cc1cc(NC(C)C)cc(-c2nnc(-c3cc(F)c(OC[C@H](N)[C@H](C)O)cc3C)s2)n1. The number of aryl methyl sites for hydroxylation is 2. The van der Waals surface area contributed by atoms with Gasteiger partial charge in [0.15, 0.2) is 16.6 Å². The smallest absolute Gasteiger partial charge is 0.166 e. The summed E-state index contributed by atoms with van der Waals surface area (Å²) < 4.78 is 20.1. The summed E-state index contributed by atoms with van der Waals surface area (Å²) in [6.07, 6.45) is -0.741. The van der Waals surface area contributed by atoms with E-state index in [1.807, 2.05) is 26.0 Å². The first-order valence-electron chi connectivity index (χ1n) is 10.1. The molecule has 0 spiro atoms. The van der Waals surface area contributed by atoms with Crippen molar-refractivity contribution in [1.82, 2.24) is 15.2 Å². The topological polar surface area (TPSA) is 106 Å². The maximum absolute atomic E-state index is 14.6. The fourth-order valence-electron chi connectivity index (χ4n) is 2.95. The number of aliphatic hydroxyl groups is 1. The number of nitrogens with zero attached hydrogens (tertiary/aromatic N) is 3. The monoisotopic (exact) mass is 445 g/mol. The summed E-state index contributed by atoms with van der Waals surface area (Å²) in [6, 6.07) is 6.61. The van der Waals surface area contributed by atoms with E-state index >= 15 is 0 Å². The Morgan fingerprint density at radius 3 is 2.52 bits per heavy atom. The Morgan fingerprint density at radius 1 is 1.13 bits per heavy atom. The normalized spacial score (nSPS) is 13.3. The maximum atomic E-state index is 14.6. The Hall–Kier alpha value is -2.62. The molecule has 0 amide bonds. The number of ether oxygens (including phenoxy) is 1. The highest BCUT2D eigenvalue weighted by atomic mass is 32.1. The van der Waals surface area contributed by atoms with Crippen LogP contribution in [-0.4, -0.2) is 45.1 Å². The standard InChI is InChI=1S/C22H28FN5O2S/c1-11(2)25-15-7-13(4)26-19(8-15)22-28-27-21(31-22)16-9-17(23)20(6-12(16)3)30-10-18(24)14(5)29/h6-9,11,14,18,29H,10,24H2,1-5H3,(H,25,26)/t14-,18-/m0/s1. The average molecular weight is 446 g/mol. The number of hydrogen-bond acceptors (Lipinski definition) is 8. The molecule has 1 aromatic carbocycles.